The molecule has 30 heavy (non-hydrogen) atoms. The lowest BCUT2D eigenvalue weighted by molar-refractivity contribution is -0.179. The van der Waals surface area contributed by atoms with E-state index in [9.17, 15) is 4.79 Å². The number of carbonyl (C=O) groups excluding carboxylic acids is 1. The average molecular weight is 420 g/mol. The first-order valence-electron chi connectivity index (χ1n) is 13.3. The molecule has 4 aliphatic carbocycles. The molecule has 2 atom stereocenters. The maximum Gasteiger partial charge on any atom is 0.312 e. The molecule has 0 aromatic rings. The molecule has 4 bridgehead atoms. The minimum absolute atomic E-state index is 0.0393. The number of carbonyl (C=O) groups is 1. The number of nitrogens with zero attached hydrogens (tertiary/aromatic N) is 1. The van der Waals surface area contributed by atoms with E-state index in [4.69, 9.17) is 4.74 Å². The first kappa shape index (κ1) is 24.1. The van der Waals surface area contributed by atoms with Crippen LogP contribution in [0.5, 0.6) is 0 Å². The Kier molecular flexibility index (Phi) is 9.10. The van der Waals surface area contributed by atoms with E-state index in [1.807, 2.05) is 0 Å². The number of hydrogen-bond donors (Lipinski definition) is 0. The summed E-state index contributed by atoms with van der Waals surface area (Å²) in [6.07, 6.45) is 19.5. The smallest absolute Gasteiger partial charge is 0.312 e. The topological polar surface area (TPSA) is 29.5 Å². The van der Waals surface area contributed by atoms with Gasteiger partial charge in [-0.05, 0) is 83.7 Å². The van der Waals surface area contributed by atoms with Crippen molar-refractivity contribution in [3.05, 3.63) is 0 Å². The zero-order valence-electron chi connectivity index (χ0n) is 20.5. The van der Waals surface area contributed by atoms with Crippen LogP contribution in [-0.2, 0) is 9.53 Å². The average Bonchev–Trinajstić information content (AvgIpc) is 2.67. The van der Waals surface area contributed by atoms with Gasteiger partial charge in [0.1, 0.15) is 6.10 Å². The van der Waals surface area contributed by atoms with Gasteiger partial charge in [0.25, 0.3) is 0 Å². The van der Waals surface area contributed by atoms with Gasteiger partial charge in [-0.25, -0.2) is 0 Å². The zero-order valence-corrected chi connectivity index (χ0v) is 20.5. The van der Waals surface area contributed by atoms with Crippen LogP contribution < -0.4 is 0 Å². The van der Waals surface area contributed by atoms with E-state index in [1.165, 1.54) is 77.0 Å². The predicted molar refractivity (Wildman–Crippen MR) is 125 cm³/mol. The molecule has 0 aromatic heterocycles. The molecule has 0 amide bonds. The Morgan fingerprint density at radius 2 is 1.40 bits per heavy atom. The van der Waals surface area contributed by atoms with Crippen molar-refractivity contribution in [2.24, 2.45) is 29.1 Å². The molecular weight excluding hydrogens is 370 g/mol. The zero-order chi connectivity index (χ0) is 21.6. The van der Waals surface area contributed by atoms with Gasteiger partial charge in [0.05, 0.1) is 5.41 Å². The van der Waals surface area contributed by atoms with Crippen molar-refractivity contribution in [1.82, 2.24) is 4.90 Å². The molecule has 4 rings (SSSR count). The SMILES string of the molecule is CCCCCCCCCCC(CN(C)C)C(C)OC(=O)C12CC3CC(CC(C3)C1)C2. The molecule has 0 heterocycles. The lowest BCUT2D eigenvalue weighted by Crippen LogP contribution is -2.51. The third-order valence-electron chi connectivity index (χ3n) is 8.46. The highest BCUT2D eigenvalue weighted by atomic mass is 16.5. The van der Waals surface area contributed by atoms with E-state index < -0.39 is 0 Å². The van der Waals surface area contributed by atoms with Crippen molar-refractivity contribution in [1.29, 1.82) is 0 Å². The van der Waals surface area contributed by atoms with Crippen LogP contribution in [0, 0.1) is 29.1 Å². The van der Waals surface area contributed by atoms with Crippen LogP contribution in [0.3, 0.4) is 0 Å². The van der Waals surface area contributed by atoms with Crippen LogP contribution in [0.15, 0.2) is 0 Å². The molecule has 0 aliphatic heterocycles. The quantitative estimate of drug-likeness (QED) is 0.228. The number of esters is 1. The molecule has 3 nitrogen and oxygen atoms in total. The maximum atomic E-state index is 13.4. The summed E-state index contributed by atoms with van der Waals surface area (Å²) in [6.45, 7) is 5.46. The Labute approximate surface area is 186 Å². The Morgan fingerprint density at radius 3 is 1.90 bits per heavy atom. The largest absolute Gasteiger partial charge is 0.462 e. The predicted octanol–water partition coefficient (Wildman–Crippen LogP) is 6.84. The van der Waals surface area contributed by atoms with Crippen LogP contribution in [0.2, 0.25) is 0 Å². The van der Waals surface area contributed by atoms with Crippen LogP contribution in [0.1, 0.15) is 110 Å². The van der Waals surface area contributed by atoms with Gasteiger partial charge >= 0.3 is 5.97 Å². The summed E-state index contributed by atoms with van der Waals surface area (Å²) in [5, 5.41) is 0. The Bertz CT molecular complexity index is 494. The van der Waals surface area contributed by atoms with Crippen molar-refractivity contribution in [3.63, 3.8) is 0 Å². The molecule has 4 fully saturated rings. The fourth-order valence-electron chi connectivity index (χ4n) is 7.23. The fraction of sp³-hybridized carbons (Fsp3) is 0.963. The van der Waals surface area contributed by atoms with E-state index in [2.05, 4.69) is 32.8 Å². The third-order valence-corrected chi connectivity index (χ3v) is 8.46. The van der Waals surface area contributed by atoms with Gasteiger partial charge in [-0.15, -0.1) is 0 Å². The second-order valence-electron chi connectivity index (χ2n) is 11.6. The third kappa shape index (κ3) is 6.47. The highest BCUT2D eigenvalue weighted by Crippen LogP contribution is 2.60. The summed E-state index contributed by atoms with van der Waals surface area (Å²) in [4.78, 5) is 15.6. The molecule has 0 radical (unpaired) electrons. The van der Waals surface area contributed by atoms with Crippen LogP contribution in [-0.4, -0.2) is 37.6 Å². The molecule has 4 saturated carbocycles. The minimum Gasteiger partial charge on any atom is -0.462 e. The van der Waals surface area contributed by atoms with Crippen LogP contribution in [0.25, 0.3) is 0 Å². The van der Waals surface area contributed by atoms with Gasteiger partial charge in [-0.1, -0.05) is 58.3 Å². The van der Waals surface area contributed by atoms with Gasteiger partial charge in [0, 0.05) is 12.5 Å². The fourth-order valence-corrected chi connectivity index (χ4v) is 7.23. The normalized spacial score (nSPS) is 31.8. The Balaban J connectivity index is 1.44. The lowest BCUT2D eigenvalue weighted by Gasteiger charge is -2.55. The summed E-state index contributed by atoms with van der Waals surface area (Å²) in [7, 11) is 4.29. The number of rotatable bonds is 14. The number of ether oxygens (including phenoxy) is 1. The van der Waals surface area contributed by atoms with Gasteiger partial charge in [0.2, 0.25) is 0 Å². The lowest BCUT2D eigenvalue weighted by atomic mass is 9.49. The van der Waals surface area contributed by atoms with E-state index in [1.54, 1.807) is 0 Å². The van der Waals surface area contributed by atoms with Crippen molar-refractivity contribution in [3.8, 4) is 0 Å². The second-order valence-corrected chi connectivity index (χ2v) is 11.6. The van der Waals surface area contributed by atoms with Crippen molar-refractivity contribution in [2.45, 2.75) is 116 Å². The molecule has 174 valence electrons. The van der Waals surface area contributed by atoms with Gasteiger partial charge < -0.3 is 9.64 Å². The molecule has 0 spiro atoms. The summed E-state index contributed by atoms with van der Waals surface area (Å²) in [6, 6.07) is 0. The molecule has 2 unspecified atom stereocenters. The Morgan fingerprint density at radius 1 is 0.900 bits per heavy atom. The van der Waals surface area contributed by atoms with Crippen LogP contribution in [0.4, 0.5) is 0 Å². The summed E-state index contributed by atoms with van der Waals surface area (Å²) in [5.41, 5.74) is -0.121. The first-order valence-corrected chi connectivity index (χ1v) is 13.3. The summed E-state index contributed by atoms with van der Waals surface area (Å²) >= 11 is 0. The number of hydrogen-bond acceptors (Lipinski definition) is 3. The molecule has 0 saturated heterocycles. The van der Waals surface area contributed by atoms with Crippen molar-refractivity contribution in [2.75, 3.05) is 20.6 Å². The van der Waals surface area contributed by atoms with E-state index >= 15 is 0 Å². The van der Waals surface area contributed by atoms with E-state index in [0.29, 0.717) is 5.92 Å². The summed E-state index contributed by atoms with van der Waals surface area (Å²) in [5.74, 6) is 3.02. The Hall–Kier alpha value is -0.570. The van der Waals surface area contributed by atoms with Crippen LogP contribution >= 0.6 is 0 Å². The molecule has 3 heteroatoms. The van der Waals surface area contributed by atoms with Gasteiger partial charge in [0.15, 0.2) is 0 Å². The van der Waals surface area contributed by atoms with Crippen molar-refractivity contribution < 1.29 is 9.53 Å². The maximum absolute atomic E-state index is 13.4. The summed E-state index contributed by atoms with van der Waals surface area (Å²) < 4.78 is 6.26. The first-order chi connectivity index (χ1) is 14.4. The van der Waals surface area contributed by atoms with Gasteiger partial charge in [-0.3, -0.25) is 4.79 Å². The molecule has 0 N–H and O–H groups in total. The molecule has 4 aliphatic rings. The van der Waals surface area contributed by atoms with Gasteiger partial charge in [-0.2, -0.15) is 0 Å². The highest BCUT2D eigenvalue weighted by Gasteiger charge is 2.55. The molecular formula is C27H49NO2. The monoisotopic (exact) mass is 419 g/mol. The standard InChI is InChI=1S/C27H49NO2/c1-5-6-7-8-9-10-11-12-13-25(20-28(3)4)21(2)30-26(29)27-17-22-14-23(18-27)16-24(15-22)19-27/h21-25H,5-20H2,1-4H3. The highest BCUT2D eigenvalue weighted by molar-refractivity contribution is 5.77. The minimum atomic E-state index is -0.121. The van der Waals surface area contributed by atoms with Crippen molar-refractivity contribution >= 4 is 5.97 Å². The number of unbranched alkanes of at least 4 members (excludes halogenated alkanes) is 7. The second kappa shape index (κ2) is 11.3. The van der Waals surface area contributed by atoms with E-state index in [-0.39, 0.29) is 17.5 Å². The molecule has 0 aromatic carbocycles. The van der Waals surface area contributed by atoms with E-state index in [0.717, 1.165) is 43.6 Å².